The van der Waals surface area contributed by atoms with Crippen LogP contribution in [0.5, 0.6) is 11.5 Å². The standard InChI is InChI=1S/C27H26Cl2F2N2O6S/c1-15-3-6-18(9-22(15)33-40(2,35)36)26(34)38-24(11-19-20(28)12-32-13-21(19)29)17-7-8-23(39-27(30)31)25(10-17)37-14-16-4-5-16/h3,6-10,12-13,16,24,27,33H,4-5,11,14H2,1-2H3. The van der Waals surface area contributed by atoms with Crippen LogP contribution in [0.4, 0.5) is 14.5 Å². The van der Waals surface area contributed by atoms with Gasteiger partial charge in [0.15, 0.2) is 11.5 Å². The summed E-state index contributed by atoms with van der Waals surface area (Å²) in [5.41, 5.74) is 1.76. The summed E-state index contributed by atoms with van der Waals surface area (Å²) < 4.78 is 68.3. The van der Waals surface area contributed by atoms with Gasteiger partial charge < -0.3 is 14.2 Å². The molecule has 8 nitrogen and oxygen atoms in total. The quantitative estimate of drug-likeness (QED) is 0.229. The second-order valence-corrected chi connectivity index (χ2v) is 12.0. The van der Waals surface area contributed by atoms with E-state index in [0.717, 1.165) is 19.1 Å². The minimum absolute atomic E-state index is 0.0172. The first-order valence-corrected chi connectivity index (χ1v) is 14.8. The highest BCUT2D eigenvalue weighted by Gasteiger charge is 2.26. The summed E-state index contributed by atoms with van der Waals surface area (Å²) in [5, 5.41) is 0.484. The van der Waals surface area contributed by atoms with Crippen LogP contribution in [0.25, 0.3) is 0 Å². The third kappa shape index (κ3) is 8.18. The number of rotatable bonds is 12. The number of carbonyl (C=O) groups is 1. The minimum atomic E-state index is -3.60. The number of hydrogen-bond acceptors (Lipinski definition) is 7. The van der Waals surface area contributed by atoms with Gasteiger partial charge in [0.25, 0.3) is 0 Å². The molecule has 40 heavy (non-hydrogen) atoms. The zero-order valence-corrected chi connectivity index (χ0v) is 23.8. The fourth-order valence-electron chi connectivity index (χ4n) is 3.83. The molecule has 1 heterocycles. The highest BCUT2D eigenvalue weighted by molar-refractivity contribution is 7.92. The second kappa shape index (κ2) is 12.6. The molecule has 1 saturated carbocycles. The van der Waals surface area contributed by atoms with Crippen molar-refractivity contribution in [1.29, 1.82) is 0 Å². The number of esters is 1. The normalized spacial score (nSPS) is 14.1. The van der Waals surface area contributed by atoms with Crippen LogP contribution in [0, 0.1) is 12.8 Å². The predicted molar refractivity (Wildman–Crippen MR) is 147 cm³/mol. The van der Waals surface area contributed by atoms with Gasteiger partial charge in [-0.25, -0.2) is 13.2 Å². The van der Waals surface area contributed by atoms with E-state index in [1.54, 1.807) is 13.0 Å². The molecule has 0 spiro atoms. The van der Waals surface area contributed by atoms with Gasteiger partial charge in [0, 0.05) is 18.8 Å². The molecule has 0 amide bonds. The van der Waals surface area contributed by atoms with Crippen molar-refractivity contribution in [2.24, 2.45) is 5.92 Å². The van der Waals surface area contributed by atoms with E-state index in [1.165, 1.54) is 42.7 Å². The number of hydrogen-bond donors (Lipinski definition) is 1. The molecule has 1 aliphatic carbocycles. The topological polar surface area (TPSA) is 104 Å². The van der Waals surface area contributed by atoms with Crippen LogP contribution in [0.3, 0.4) is 0 Å². The Kier molecular flexibility index (Phi) is 9.37. The lowest BCUT2D eigenvalue weighted by Gasteiger charge is -2.22. The smallest absolute Gasteiger partial charge is 0.387 e. The fourth-order valence-corrected chi connectivity index (χ4v) is 4.96. The molecule has 13 heteroatoms. The van der Waals surface area contributed by atoms with E-state index in [-0.39, 0.29) is 39.2 Å². The van der Waals surface area contributed by atoms with Crippen LogP contribution >= 0.6 is 23.2 Å². The van der Waals surface area contributed by atoms with Crippen LogP contribution in [-0.2, 0) is 21.2 Å². The number of aryl methyl sites for hydroxylation is 1. The molecule has 1 fully saturated rings. The molecule has 0 saturated heterocycles. The summed E-state index contributed by atoms with van der Waals surface area (Å²) in [6.45, 7) is -1.05. The van der Waals surface area contributed by atoms with E-state index < -0.39 is 28.7 Å². The fraction of sp³-hybridized carbons (Fsp3) is 0.333. The highest BCUT2D eigenvalue weighted by Crippen LogP contribution is 2.38. The first-order chi connectivity index (χ1) is 18.9. The molecule has 1 aromatic heterocycles. The summed E-state index contributed by atoms with van der Waals surface area (Å²) >= 11 is 12.7. The van der Waals surface area contributed by atoms with E-state index in [1.807, 2.05) is 0 Å². The molecule has 1 aliphatic rings. The average Bonchev–Trinajstić information content (AvgIpc) is 3.70. The van der Waals surface area contributed by atoms with E-state index >= 15 is 0 Å². The number of nitrogens with one attached hydrogen (secondary N) is 1. The molecule has 0 aliphatic heterocycles. The zero-order chi connectivity index (χ0) is 29.0. The lowest BCUT2D eigenvalue weighted by atomic mass is 10.0. The van der Waals surface area contributed by atoms with E-state index in [2.05, 4.69) is 14.4 Å². The molecule has 1 atom stereocenters. The molecular formula is C27H26Cl2F2N2O6S. The Hall–Kier alpha value is -3.15. The highest BCUT2D eigenvalue weighted by atomic mass is 35.5. The molecule has 0 bridgehead atoms. The minimum Gasteiger partial charge on any atom is -0.489 e. The van der Waals surface area contributed by atoms with Gasteiger partial charge in [-0.05, 0) is 66.6 Å². The number of sulfonamides is 1. The van der Waals surface area contributed by atoms with Gasteiger partial charge in [-0.15, -0.1) is 0 Å². The third-order valence-corrected chi connectivity index (χ3v) is 7.33. The molecule has 214 valence electrons. The van der Waals surface area contributed by atoms with Crippen LogP contribution in [0.2, 0.25) is 10.0 Å². The number of anilines is 1. The second-order valence-electron chi connectivity index (χ2n) is 9.42. The van der Waals surface area contributed by atoms with Gasteiger partial charge in [0.2, 0.25) is 10.0 Å². The lowest BCUT2D eigenvalue weighted by molar-refractivity contribution is -0.0515. The van der Waals surface area contributed by atoms with Gasteiger partial charge in [0.1, 0.15) is 6.10 Å². The Morgan fingerprint density at radius 1 is 1.10 bits per heavy atom. The lowest BCUT2D eigenvalue weighted by Crippen LogP contribution is -2.16. The van der Waals surface area contributed by atoms with Crippen LogP contribution in [0.15, 0.2) is 48.8 Å². The number of halogens is 4. The van der Waals surface area contributed by atoms with Crippen molar-refractivity contribution < 1.29 is 36.2 Å². The average molecular weight is 615 g/mol. The van der Waals surface area contributed by atoms with Crippen LogP contribution < -0.4 is 14.2 Å². The maximum Gasteiger partial charge on any atom is 0.387 e. The monoisotopic (exact) mass is 614 g/mol. The SMILES string of the molecule is Cc1ccc(C(=O)OC(Cc2c(Cl)cncc2Cl)c2ccc(OC(F)F)c(OCC3CC3)c2)cc1NS(C)(=O)=O. The van der Waals surface area contributed by atoms with E-state index in [4.69, 9.17) is 32.7 Å². The van der Waals surface area contributed by atoms with Crippen molar-refractivity contribution in [1.82, 2.24) is 4.98 Å². The number of benzene rings is 2. The van der Waals surface area contributed by atoms with E-state index in [0.29, 0.717) is 29.2 Å². The zero-order valence-electron chi connectivity index (χ0n) is 21.5. The van der Waals surface area contributed by atoms with Crippen molar-refractivity contribution >= 4 is 44.9 Å². The first kappa shape index (κ1) is 29.8. The number of carbonyl (C=O) groups excluding carboxylic acids is 1. The molecular weight excluding hydrogens is 589 g/mol. The Morgan fingerprint density at radius 2 is 1.80 bits per heavy atom. The first-order valence-electron chi connectivity index (χ1n) is 12.2. The predicted octanol–water partition coefficient (Wildman–Crippen LogP) is 6.60. The number of ether oxygens (including phenoxy) is 3. The van der Waals surface area contributed by atoms with Gasteiger partial charge in [-0.3, -0.25) is 9.71 Å². The Balaban J connectivity index is 1.69. The van der Waals surface area contributed by atoms with Gasteiger partial charge in [0.05, 0.1) is 34.2 Å². The van der Waals surface area contributed by atoms with Crippen molar-refractivity contribution in [2.45, 2.75) is 38.9 Å². The number of pyridine rings is 1. The molecule has 2 aromatic carbocycles. The molecule has 3 aromatic rings. The molecule has 4 rings (SSSR count). The molecule has 0 radical (unpaired) electrons. The number of alkyl halides is 2. The Morgan fingerprint density at radius 3 is 2.42 bits per heavy atom. The number of nitrogens with zero attached hydrogens (tertiary/aromatic N) is 1. The number of aromatic nitrogens is 1. The van der Waals surface area contributed by atoms with Crippen LogP contribution in [0.1, 0.15) is 46.0 Å². The summed E-state index contributed by atoms with van der Waals surface area (Å²) in [6.07, 6.45) is 4.78. The maximum absolute atomic E-state index is 13.3. The summed E-state index contributed by atoms with van der Waals surface area (Å²) in [7, 11) is -3.60. The third-order valence-electron chi connectivity index (χ3n) is 6.09. The maximum atomic E-state index is 13.3. The van der Waals surface area contributed by atoms with Gasteiger partial charge in [-0.2, -0.15) is 8.78 Å². The summed E-state index contributed by atoms with van der Waals surface area (Å²) in [4.78, 5) is 17.3. The van der Waals surface area contributed by atoms with E-state index in [9.17, 15) is 22.0 Å². The van der Waals surface area contributed by atoms with Gasteiger partial charge >= 0.3 is 12.6 Å². The molecule has 1 N–H and O–H groups in total. The van der Waals surface area contributed by atoms with Crippen LogP contribution in [-0.4, -0.2) is 38.8 Å². The summed E-state index contributed by atoms with van der Waals surface area (Å²) in [6, 6.07) is 8.72. The van der Waals surface area contributed by atoms with Crippen molar-refractivity contribution in [3.05, 3.63) is 81.1 Å². The van der Waals surface area contributed by atoms with Crippen molar-refractivity contribution in [2.75, 3.05) is 17.6 Å². The Bertz CT molecular complexity index is 1480. The van der Waals surface area contributed by atoms with Crippen molar-refractivity contribution in [3.63, 3.8) is 0 Å². The van der Waals surface area contributed by atoms with Gasteiger partial charge in [-0.1, -0.05) is 35.3 Å². The summed E-state index contributed by atoms with van der Waals surface area (Å²) in [5.74, 6) is -0.509. The Labute approximate surface area is 240 Å². The largest absolute Gasteiger partial charge is 0.489 e. The molecule has 1 unspecified atom stereocenters. The van der Waals surface area contributed by atoms with Crippen molar-refractivity contribution in [3.8, 4) is 11.5 Å².